The van der Waals surface area contributed by atoms with E-state index in [2.05, 4.69) is 26.6 Å². The van der Waals surface area contributed by atoms with Crippen molar-refractivity contribution in [1.29, 1.82) is 0 Å². The lowest BCUT2D eigenvalue weighted by atomic mass is 9.92. The molecule has 1 aromatic carbocycles. The molecule has 20 heavy (non-hydrogen) atoms. The third kappa shape index (κ3) is 2.74. The number of benzene rings is 1. The van der Waals surface area contributed by atoms with Gasteiger partial charge in [0, 0.05) is 22.5 Å². The van der Waals surface area contributed by atoms with Crippen LogP contribution in [-0.4, -0.2) is 19.0 Å². The zero-order chi connectivity index (χ0) is 14.2. The molecule has 108 valence electrons. The molecule has 1 aliphatic heterocycles. The number of carbonyl (C=O) groups excluding carboxylic acids is 1. The molecule has 2 aliphatic rings. The highest BCUT2D eigenvalue weighted by Gasteiger charge is 2.57. The van der Waals surface area contributed by atoms with Crippen molar-refractivity contribution in [2.24, 2.45) is 11.3 Å². The SMILES string of the molecule is O=C(NCc1cc(Br)ccc1F)C1CC12CCNCC2. The van der Waals surface area contributed by atoms with Gasteiger partial charge in [0.2, 0.25) is 5.91 Å². The maximum Gasteiger partial charge on any atom is 0.223 e. The van der Waals surface area contributed by atoms with E-state index in [1.165, 1.54) is 6.07 Å². The summed E-state index contributed by atoms with van der Waals surface area (Å²) < 4.78 is 14.4. The van der Waals surface area contributed by atoms with Gasteiger partial charge in [0.25, 0.3) is 0 Å². The van der Waals surface area contributed by atoms with Crippen molar-refractivity contribution < 1.29 is 9.18 Å². The van der Waals surface area contributed by atoms with Crippen molar-refractivity contribution in [2.45, 2.75) is 25.8 Å². The van der Waals surface area contributed by atoms with E-state index in [9.17, 15) is 9.18 Å². The number of nitrogens with one attached hydrogen (secondary N) is 2. The molecule has 2 fully saturated rings. The maximum atomic E-state index is 13.6. The second-order valence-corrected chi connectivity index (χ2v) is 6.74. The van der Waals surface area contributed by atoms with E-state index in [4.69, 9.17) is 0 Å². The first kappa shape index (κ1) is 14.0. The third-order valence-electron chi connectivity index (χ3n) is 4.57. The van der Waals surface area contributed by atoms with Crippen LogP contribution in [0.3, 0.4) is 0 Å². The lowest BCUT2D eigenvalue weighted by Gasteiger charge is -2.23. The van der Waals surface area contributed by atoms with Gasteiger partial charge in [-0.1, -0.05) is 15.9 Å². The molecule has 1 aromatic rings. The normalized spacial score (nSPS) is 23.6. The molecular formula is C15H18BrFN2O. The van der Waals surface area contributed by atoms with Gasteiger partial charge in [-0.25, -0.2) is 4.39 Å². The maximum absolute atomic E-state index is 13.6. The molecule has 0 aromatic heterocycles. The lowest BCUT2D eigenvalue weighted by molar-refractivity contribution is -0.123. The predicted molar refractivity (Wildman–Crippen MR) is 78.6 cm³/mol. The summed E-state index contributed by atoms with van der Waals surface area (Å²) in [6.07, 6.45) is 3.15. The Kier molecular flexibility index (Phi) is 3.82. The molecule has 1 unspecified atom stereocenters. The van der Waals surface area contributed by atoms with Gasteiger partial charge in [-0.3, -0.25) is 4.79 Å². The Hall–Kier alpha value is -0.940. The molecule has 1 amide bonds. The van der Waals surface area contributed by atoms with Crippen LogP contribution in [-0.2, 0) is 11.3 Å². The van der Waals surface area contributed by atoms with Crippen molar-refractivity contribution in [1.82, 2.24) is 10.6 Å². The summed E-state index contributed by atoms with van der Waals surface area (Å²) in [5.74, 6) is -0.0769. The largest absolute Gasteiger partial charge is 0.352 e. The molecule has 5 heteroatoms. The number of hydrogen-bond donors (Lipinski definition) is 2. The van der Waals surface area contributed by atoms with Gasteiger partial charge in [0.05, 0.1) is 0 Å². The van der Waals surface area contributed by atoms with Crippen molar-refractivity contribution in [3.05, 3.63) is 34.1 Å². The van der Waals surface area contributed by atoms with Gasteiger partial charge in [-0.2, -0.15) is 0 Å². The van der Waals surface area contributed by atoms with Gasteiger partial charge >= 0.3 is 0 Å². The van der Waals surface area contributed by atoms with E-state index in [0.717, 1.165) is 36.8 Å². The van der Waals surface area contributed by atoms with Gasteiger partial charge in [0.15, 0.2) is 0 Å². The number of carbonyl (C=O) groups is 1. The quantitative estimate of drug-likeness (QED) is 0.887. The van der Waals surface area contributed by atoms with E-state index in [0.29, 0.717) is 5.56 Å². The van der Waals surface area contributed by atoms with Crippen LogP contribution in [0.1, 0.15) is 24.8 Å². The van der Waals surface area contributed by atoms with Crippen LogP contribution in [0.4, 0.5) is 4.39 Å². The number of amides is 1. The highest BCUT2D eigenvalue weighted by atomic mass is 79.9. The summed E-state index contributed by atoms with van der Waals surface area (Å²) in [6, 6.07) is 4.78. The highest BCUT2D eigenvalue weighted by Crippen LogP contribution is 2.58. The summed E-state index contributed by atoms with van der Waals surface area (Å²) in [5, 5.41) is 6.21. The van der Waals surface area contributed by atoms with Gasteiger partial charge in [-0.15, -0.1) is 0 Å². The van der Waals surface area contributed by atoms with Crippen molar-refractivity contribution in [2.75, 3.05) is 13.1 Å². The van der Waals surface area contributed by atoms with Crippen molar-refractivity contribution in [3.63, 3.8) is 0 Å². The summed E-state index contributed by atoms with van der Waals surface area (Å²) in [5.41, 5.74) is 0.748. The van der Waals surface area contributed by atoms with E-state index < -0.39 is 0 Å². The average molecular weight is 341 g/mol. The predicted octanol–water partition coefficient (Wildman–Crippen LogP) is 2.59. The summed E-state index contributed by atoms with van der Waals surface area (Å²) in [7, 11) is 0. The number of piperidine rings is 1. The van der Waals surface area contributed by atoms with Gasteiger partial charge in [0.1, 0.15) is 5.82 Å². The smallest absolute Gasteiger partial charge is 0.223 e. The highest BCUT2D eigenvalue weighted by molar-refractivity contribution is 9.10. The fraction of sp³-hybridized carbons (Fsp3) is 0.533. The van der Waals surface area contributed by atoms with Crippen LogP contribution in [0.5, 0.6) is 0 Å². The molecule has 1 aliphatic carbocycles. The Labute approximate surface area is 126 Å². The number of rotatable bonds is 3. The monoisotopic (exact) mass is 340 g/mol. The first-order valence-corrected chi connectivity index (χ1v) is 7.82. The summed E-state index contributed by atoms with van der Waals surface area (Å²) >= 11 is 3.32. The minimum atomic E-state index is -0.277. The Bertz CT molecular complexity index is 529. The summed E-state index contributed by atoms with van der Waals surface area (Å²) in [6.45, 7) is 2.27. The molecular weight excluding hydrogens is 323 g/mol. The van der Waals surface area contributed by atoms with Crippen LogP contribution in [0.15, 0.2) is 22.7 Å². The van der Waals surface area contributed by atoms with E-state index in [-0.39, 0.29) is 29.6 Å². The Morgan fingerprint density at radius 2 is 2.20 bits per heavy atom. The topological polar surface area (TPSA) is 41.1 Å². The van der Waals surface area contributed by atoms with Gasteiger partial charge in [-0.05, 0) is 56.0 Å². The first-order valence-electron chi connectivity index (χ1n) is 7.03. The Morgan fingerprint density at radius 1 is 1.45 bits per heavy atom. The molecule has 1 saturated heterocycles. The molecule has 0 radical (unpaired) electrons. The molecule has 2 N–H and O–H groups in total. The molecule has 3 rings (SSSR count). The van der Waals surface area contributed by atoms with Crippen LogP contribution in [0.25, 0.3) is 0 Å². The molecule has 1 spiro atoms. The number of halogens is 2. The molecule has 3 nitrogen and oxygen atoms in total. The zero-order valence-electron chi connectivity index (χ0n) is 11.2. The number of hydrogen-bond acceptors (Lipinski definition) is 2. The molecule has 1 heterocycles. The Balaban J connectivity index is 1.57. The van der Waals surface area contributed by atoms with Gasteiger partial charge < -0.3 is 10.6 Å². The second kappa shape index (κ2) is 5.45. The van der Waals surface area contributed by atoms with Crippen LogP contribution >= 0.6 is 15.9 Å². The minimum Gasteiger partial charge on any atom is -0.352 e. The fourth-order valence-electron chi connectivity index (χ4n) is 3.18. The van der Waals surface area contributed by atoms with E-state index >= 15 is 0 Å². The van der Waals surface area contributed by atoms with Crippen LogP contribution in [0.2, 0.25) is 0 Å². The lowest BCUT2D eigenvalue weighted by Crippen LogP contribution is -2.33. The van der Waals surface area contributed by atoms with Crippen molar-refractivity contribution in [3.8, 4) is 0 Å². The Morgan fingerprint density at radius 3 is 2.95 bits per heavy atom. The molecule has 1 atom stereocenters. The molecule has 1 saturated carbocycles. The zero-order valence-corrected chi connectivity index (χ0v) is 12.8. The standard InChI is InChI=1S/C15H18BrFN2O/c16-11-1-2-13(17)10(7-11)9-19-14(20)12-8-15(12)3-5-18-6-4-15/h1-2,7,12,18H,3-6,8-9H2,(H,19,20). The van der Waals surface area contributed by atoms with Crippen LogP contribution in [0, 0.1) is 17.2 Å². The average Bonchev–Trinajstić information content (AvgIpc) is 3.14. The van der Waals surface area contributed by atoms with Crippen molar-refractivity contribution >= 4 is 21.8 Å². The van der Waals surface area contributed by atoms with E-state index in [1.807, 2.05) is 0 Å². The van der Waals surface area contributed by atoms with E-state index in [1.54, 1.807) is 12.1 Å². The fourth-order valence-corrected chi connectivity index (χ4v) is 3.59. The minimum absolute atomic E-state index is 0.0753. The molecule has 0 bridgehead atoms. The second-order valence-electron chi connectivity index (χ2n) is 5.82. The first-order chi connectivity index (χ1) is 9.61. The summed E-state index contributed by atoms with van der Waals surface area (Å²) in [4.78, 5) is 12.2. The third-order valence-corrected chi connectivity index (χ3v) is 5.06. The van der Waals surface area contributed by atoms with Crippen LogP contribution < -0.4 is 10.6 Å².